The van der Waals surface area contributed by atoms with Crippen LogP contribution in [-0.4, -0.2) is 85.5 Å². The van der Waals surface area contributed by atoms with Crippen molar-refractivity contribution >= 4 is 53.9 Å². The summed E-state index contributed by atoms with van der Waals surface area (Å²) in [6.07, 6.45) is 5.16. The normalized spacial score (nSPS) is 9.90. The molecule has 3 amide bonds. The first-order chi connectivity index (χ1) is 31.6. The Kier molecular flexibility index (Phi) is 21.2. The number of amides is 3. The van der Waals surface area contributed by atoms with Gasteiger partial charge in [0, 0.05) is 57.8 Å². The number of pyridine rings is 3. The van der Waals surface area contributed by atoms with Gasteiger partial charge >= 0.3 is 17.9 Å². The van der Waals surface area contributed by atoms with Crippen molar-refractivity contribution < 1.29 is 82.3 Å². The molecule has 0 unspecified atom stereocenters. The topological polar surface area (TPSA) is 238 Å². The molecular weight excluding hydrogens is 1000 g/mol. The number of carbonyl (C=O) groups is 6. The minimum atomic E-state index is -1.17. The molecule has 67 heavy (non-hydrogen) atoms. The first-order valence-corrected chi connectivity index (χ1v) is 20.4. The molecule has 0 saturated heterocycles. The van der Waals surface area contributed by atoms with Gasteiger partial charge in [-0.1, -0.05) is 111 Å². The van der Waals surface area contributed by atoms with Crippen molar-refractivity contribution in [3.05, 3.63) is 180 Å². The molecule has 346 valence electrons. The van der Waals surface area contributed by atoms with Crippen LogP contribution in [0.1, 0.15) is 100 Å². The molecule has 6 N–H and O–H groups in total. The van der Waals surface area contributed by atoms with Crippen molar-refractivity contribution in [1.29, 1.82) is 0 Å². The van der Waals surface area contributed by atoms with Crippen LogP contribution >= 0.6 is 0 Å². The Balaban J connectivity index is 0.000000264. The summed E-state index contributed by atoms with van der Waals surface area (Å²) in [7, 11) is 0. The maximum atomic E-state index is 11.9. The summed E-state index contributed by atoms with van der Waals surface area (Å²) in [4.78, 5) is 81.1. The zero-order valence-corrected chi connectivity index (χ0v) is 38.8. The number of aromatic carboxylic acids is 3. The van der Waals surface area contributed by atoms with E-state index in [9.17, 15) is 28.8 Å². The van der Waals surface area contributed by atoms with Gasteiger partial charge in [0.2, 0.25) is 0 Å². The minimum absolute atomic E-state index is 0. The van der Waals surface area contributed by atoms with E-state index in [0.29, 0.717) is 36.3 Å². The van der Waals surface area contributed by atoms with Crippen LogP contribution in [0.2, 0.25) is 0 Å². The second-order valence-electron chi connectivity index (χ2n) is 13.9. The van der Waals surface area contributed by atoms with E-state index < -0.39 is 35.6 Å². The van der Waals surface area contributed by atoms with Crippen molar-refractivity contribution in [3.63, 3.8) is 0 Å². The van der Waals surface area contributed by atoms with Crippen LogP contribution in [0, 0.1) is 38.2 Å². The number of benzene rings is 3. The van der Waals surface area contributed by atoms with Crippen LogP contribution in [0.4, 0.5) is 0 Å². The van der Waals surface area contributed by atoms with Gasteiger partial charge in [-0.15, -0.1) is 0 Å². The maximum absolute atomic E-state index is 11.9. The van der Waals surface area contributed by atoms with Crippen molar-refractivity contribution in [2.24, 2.45) is 0 Å². The average molecular weight is 1050 g/mol. The minimum Gasteiger partial charge on any atom is -0.477 e. The SMILES string of the molecule is C=Cc1ccc(-c2cc(C(=O)O)nc(C(=O)NCC)c2)cc1.C=Cc1ccc(-c2cc(C(=O)O)nc(C(=O)NCC)c2)cc1.C=Cc1ccc(-c2cc(C(=O)O)nc(C(=O)NCC)c2)cc1.[Dy]. The third kappa shape index (κ3) is 15.5. The molecule has 0 radical (unpaired) electrons. The second kappa shape index (κ2) is 26.4. The van der Waals surface area contributed by atoms with Crippen LogP contribution in [0.15, 0.2) is 129 Å². The number of carboxylic acids is 3. The summed E-state index contributed by atoms with van der Waals surface area (Å²) in [5.41, 5.74) is 6.96. The van der Waals surface area contributed by atoms with Gasteiger partial charge in [-0.2, -0.15) is 0 Å². The van der Waals surface area contributed by atoms with Gasteiger partial charge in [0.25, 0.3) is 17.7 Å². The van der Waals surface area contributed by atoms with Crippen molar-refractivity contribution in [3.8, 4) is 33.4 Å². The number of aromatic nitrogens is 3. The second-order valence-corrected chi connectivity index (χ2v) is 13.9. The van der Waals surface area contributed by atoms with Gasteiger partial charge < -0.3 is 31.3 Å². The third-order valence-corrected chi connectivity index (χ3v) is 9.28. The Bertz CT molecular complexity index is 2470. The fourth-order valence-electron chi connectivity index (χ4n) is 5.96. The van der Waals surface area contributed by atoms with Crippen molar-refractivity contribution in [2.75, 3.05) is 19.6 Å². The molecule has 0 aliphatic carbocycles. The van der Waals surface area contributed by atoms with E-state index in [-0.39, 0.29) is 72.3 Å². The first kappa shape index (κ1) is 53.8. The molecular formula is C51H48DyN6O9. The molecule has 16 heteroatoms. The molecule has 3 heterocycles. The van der Waals surface area contributed by atoms with Crippen LogP contribution < -0.4 is 16.0 Å². The number of carbonyl (C=O) groups excluding carboxylic acids is 3. The molecule has 3 aromatic heterocycles. The molecule has 6 aromatic rings. The number of hydrogen-bond acceptors (Lipinski definition) is 9. The standard InChI is InChI=1S/3C17H16N2O3.Dy/c3*1-3-11-5-7-12(8-6-11)13-9-14(16(20)18-4-2)19-15(10-13)17(21)22;/h3*3,5-10H,1,4H2,2H3,(H,18,20)(H,21,22);. The molecule has 0 aliphatic heterocycles. The number of hydrogen-bond donors (Lipinski definition) is 6. The summed E-state index contributed by atoms with van der Waals surface area (Å²) in [5.74, 6) is -4.70. The smallest absolute Gasteiger partial charge is 0.354 e. The van der Waals surface area contributed by atoms with Gasteiger partial charge in [0.1, 0.15) is 34.2 Å². The van der Waals surface area contributed by atoms with Gasteiger partial charge in [-0.05, 0) is 107 Å². The fourth-order valence-corrected chi connectivity index (χ4v) is 5.96. The first-order valence-electron chi connectivity index (χ1n) is 20.4. The molecule has 0 spiro atoms. The molecule has 0 bridgehead atoms. The Morgan fingerprint density at radius 1 is 0.403 bits per heavy atom. The van der Waals surface area contributed by atoms with E-state index in [4.69, 9.17) is 15.3 Å². The van der Waals surface area contributed by atoms with E-state index in [1.54, 1.807) is 57.2 Å². The molecule has 6 rings (SSSR count). The largest absolute Gasteiger partial charge is 0.477 e. The zero-order valence-electron chi connectivity index (χ0n) is 36.8. The van der Waals surface area contributed by atoms with E-state index in [0.717, 1.165) is 33.4 Å². The van der Waals surface area contributed by atoms with Gasteiger partial charge in [0.05, 0.1) is 0 Å². The summed E-state index contributed by atoms with van der Waals surface area (Å²) in [6, 6.07) is 31.4. The quantitative estimate of drug-likeness (QED) is 0.0568. The van der Waals surface area contributed by atoms with Crippen molar-refractivity contribution in [1.82, 2.24) is 30.9 Å². The number of nitrogens with one attached hydrogen (secondary N) is 3. The Morgan fingerprint density at radius 3 is 0.791 bits per heavy atom. The number of carboxylic acid groups (broad SMARTS) is 3. The predicted molar refractivity (Wildman–Crippen MR) is 254 cm³/mol. The number of rotatable bonds is 15. The van der Waals surface area contributed by atoms with E-state index >= 15 is 0 Å². The Labute approximate surface area is 417 Å². The van der Waals surface area contributed by atoms with Crippen molar-refractivity contribution in [2.45, 2.75) is 20.8 Å². The summed E-state index contributed by atoms with van der Waals surface area (Å²) in [5, 5.41) is 35.4. The Hall–Kier alpha value is -7.58. The van der Waals surface area contributed by atoms with Crippen LogP contribution in [-0.2, 0) is 0 Å². The van der Waals surface area contributed by atoms with E-state index in [1.165, 1.54) is 18.2 Å². The van der Waals surface area contributed by atoms with E-state index in [2.05, 4.69) is 50.6 Å². The fraction of sp³-hybridized carbons (Fsp3) is 0.118. The Morgan fingerprint density at radius 2 is 0.612 bits per heavy atom. The molecule has 15 nitrogen and oxygen atoms in total. The van der Waals surface area contributed by atoms with Gasteiger partial charge in [-0.3, -0.25) is 14.4 Å². The molecule has 0 fully saturated rings. The summed E-state index contributed by atoms with van der Waals surface area (Å²) in [6.45, 7) is 17.8. The summed E-state index contributed by atoms with van der Waals surface area (Å²) < 4.78 is 0. The predicted octanol–water partition coefficient (Wildman–Crippen LogP) is 8.52. The average Bonchev–Trinajstić information content (AvgIpc) is 3.34. The molecule has 0 saturated carbocycles. The molecule has 0 aliphatic rings. The maximum Gasteiger partial charge on any atom is 0.354 e. The number of nitrogens with zero attached hydrogens (tertiary/aromatic N) is 3. The van der Waals surface area contributed by atoms with Crippen LogP contribution in [0.25, 0.3) is 51.6 Å². The van der Waals surface area contributed by atoms with Gasteiger partial charge in [0.15, 0.2) is 0 Å². The molecule has 3 aromatic carbocycles. The monoisotopic (exact) mass is 1050 g/mol. The summed E-state index contributed by atoms with van der Waals surface area (Å²) >= 11 is 0. The third-order valence-electron chi connectivity index (χ3n) is 9.28. The molecule has 0 atom stereocenters. The van der Waals surface area contributed by atoms with Gasteiger partial charge in [-0.25, -0.2) is 29.3 Å². The van der Waals surface area contributed by atoms with Crippen LogP contribution in [0.5, 0.6) is 0 Å². The zero-order chi connectivity index (χ0) is 48.3. The van der Waals surface area contributed by atoms with E-state index in [1.807, 2.05) is 72.8 Å². The van der Waals surface area contributed by atoms with Crippen LogP contribution in [0.3, 0.4) is 0 Å².